The molecule has 10 heteroatoms. The summed E-state index contributed by atoms with van der Waals surface area (Å²) < 4.78 is 41.3. The van der Waals surface area contributed by atoms with Crippen LogP contribution in [0.25, 0.3) is 6.08 Å². The summed E-state index contributed by atoms with van der Waals surface area (Å²) in [7, 11) is 0. The molecule has 7 nitrogen and oxygen atoms in total. The summed E-state index contributed by atoms with van der Waals surface area (Å²) in [6.07, 6.45) is 9.64. The van der Waals surface area contributed by atoms with Crippen LogP contribution in [0.1, 0.15) is 23.6 Å². The van der Waals surface area contributed by atoms with Crippen LogP contribution in [0.5, 0.6) is 0 Å². The first-order chi connectivity index (χ1) is 17.9. The Morgan fingerprint density at radius 2 is 1.97 bits per heavy atom. The molecule has 1 N–H and O–H groups in total. The molecule has 37 heavy (non-hydrogen) atoms. The van der Waals surface area contributed by atoms with Crippen molar-refractivity contribution in [2.45, 2.75) is 35.9 Å². The van der Waals surface area contributed by atoms with Crippen LogP contribution < -0.4 is 0 Å². The van der Waals surface area contributed by atoms with Crippen LogP contribution in [0.15, 0.2) is 73.3 Å². The molecule has 0 saturated carbocycles. The third kappa shape index (κ3) is 6.90. The molecule has 0 unspecified atom stereocenters. The van der Waals surface area contributed by atoms with Crippen LogP contribution >= 0.6 is 11.8 Å². The highest BCUT2D eigenvalue weighted by Crippen LogP contribution is 2.38. The van der Waals surface area contributed by atoms with Crippen LogP contribution in [0.3, 0.4) is 0 Å². The predicted octanol–water partition coefficient (Wildman–Crippen LogP) is 4.45. The van der Waals surface area contributed by atoms with Crippen LogP contribution in [0.2, 0.25) is 0 Å². The first-order valence-electron chi connectivity index (χ1n) is 11.6. The van der Waals surface area contributed by atoms with Crippen LogP contribution in [0, 0.1) is 23.0 Å². The monoisotopic (exact) mass is 524 g/mol. The largest absolute Gasteiger partial charge is 0.382 e. The Morgan fingerprint density at radius 3 is 2.62 bits per heavy atom. The Bertz CT molecular complexity index is 1270. The van der Waals surface area contributed by atoms with E-state index in [0.717, 1.165) is 17.7 Å². The van der Waals surface area contributed by atoms with Crippen molar-refractivity contribution in [3.63, 3.8) is 0 Å². The van der Waals surface area contributed by atoms with Crippen LogP contribution in [0.4, 0.5) is 8.78 Å². The Labute approximate surface area is 218 Å². The van der Waals surface area contributed by atoms with Crippen molar-refractivity contribution in [2.24, 2.45) is 0 Å². The molecule has 0 aliphatic carbocycles. The minimum Gasteiger partial charge on any atom is -0.382 e. The molecule has 0 spiro atoms. The molecule has 0 bridgehead atoms. The Kier molecular flexibility index (Phi) is 8.84. The molecule has 2 atom stereocenters. The smallest absolute Gasteiger partial charge is 0.177 e. The zero-order valence-electron chi connectivity index (χ0n) is 20.1. The molecule has 3 aromatic rings. The van der Waals surface area contributed by atoms with E-state index in [0.29, 0.717) is 18.8 Å². The van der Waals surface area contributed by atoms with E-state index in [1.54, 1.807) is 25.1 Å². The standard InChI is InChI=1S/C27H26F2N4O3S/c1-19(27(34,16-33-18-31-17-32-33)24-11-10-22(28)12-25(24)29)37-23-14-35-26(36-15-23)5-3-2-4-20-6-8-21(13-30)9-7-20/h2-12,17-19,23,26,34H,14-16H2,1H3/b4-2+,5-3+/t19-,23-,26-,27-/m1/s1. The van der Waals surface area contributed by atoms with E-state index in [4.69, 9.17) is 14.7 Å². The van der Waals surface area contributed by atoms with Crippen LogP contribution in [-0.4, -0.2) is 49.9 Å². The van der Waals surface area contributed by atoms with Crippen molar-refractivity contribution in [2.75, 3.05) is 13.2 Å². The van der Waals surface area contributed by atoms with Gasteiger partial charge >= 0.3 is 0 Å². The minimum absolute atomic E-state index is 0.0168. The molecule has 1 aromatic heterocycles. The van der Waals surface area contributed by atoms with Gasteiger partial charge in [-0.2, -0.15) is 10.4 Å². The Balaban J connectivity index is 1.35. The maximum absolute atomic E-state index is 14.7. The lowest BCUT2D eigenvalue weighted by Crippen LogP contribution is -2.43. The highest BCUT2D eigenvalue weighted by Gasteiger charge is 2.41. The van der Waals surface area contributed by atoms with Gasteiger partial charge in [0.05, 0.1) is 36.6 Å². The first kappa shape index (κ1) is 26.7. The summed E-state index contributed by atoms with van der Waals surface area (Å²) in [5, 5.41) is 23.9. The van der Waals surface area contributed by atoms with Crippen molar-refractivity contribution in [3.8, 4) is 6.07 Å². The normalized spacial score (nSPS) is 20.6. The number of ether oxygens (including phenoxy) is 2. The number of benzene rings is 2. The summed E-state index contributed by atoms with van der Waals surface area (Å²) in [6, 6.07) is 12.5. The van der Waals surface area contributed by atoms with E-state index < -0.39 is 28.8 Å². The zero-order valence-corrected chi connectivity index (χ0v) is 20.9. The van der Waals surface area contributed by atoms with Gasteiger partial charge in [0.25, 0.3) is 0 Å². The van der Waals surface area contributed by atoms with Gasteiger partial charge in [-0.05, 0) is 29.8 Å². The lowest BCUT2D eigenvalue weighted by Gasteiger charge is -2.37. The van der Waals surface area contributed by atoms with Crippen molar-refractivity contribution < 1.29 is 23.4 Å². The number of halogens is 2. The van der Waals surface area contributed by atoms with Gasteiger partial charge in [-0.25, -0.2) is 18.4 Å². The second kappa shape index (κ2) is 12.3. The van der Waals surface area contributed by atoms with E-state index in [-0.39, 0.29) is 17.4 Å². The van der Waals surface area contributed by atoms with Gasteiger partial charge in [0.1, 0.15) is 29.9 Å². The van der Waals surface area contributed by atoms with E-state index in [9.17, 15) is 13.9 Å². The van der Waals surface area contributed by atoms with Gasteiger partial charge < -0.3 is 14.6 Å². The van der Waals surface area contributed by atoms with Crippen molar-refractivity contribution >= 4 is 17.8 Å². The number of thioether (sulfide) groups is 1. The molecule has 4 rings (SSSR count). The van der Waals surface area contributed by atoms with E-state index >= 15 is 0 Å². The highest BCUT2D eigenvalue weighted by atomic mass is 32.2. The number of rotatable bonds is 9. The molecule has 2 heterocycles. The summed E-state index contributed by atoms with van der Waals surface area (Å²) in [5.74, 6) is -1.55. The van der Waals surface area contributed by atoms with Crippen molar-refractivity contribution in [1.29, 1.82) is 5.26 Å². The van der Waals surface area contributed by atoms with E-state index in [1.807, 2.05) is 30.4 Å². The van der Waals surface area contributed by atoms with E-state index in [1.165, 1.54) is 35.2 Å². The molecule has 2 aromatic carbocycles. The number of hydrogen-bond donors (Lipinski definition) is 1. The highest BCUT2D eigenvalue weighted by molar-refractivity contribution is 8.00. The second-order valence-electron chi connectivity index (χ2n) is 8.55. The topological polar surface area (TPSA) is 93.2 Å². The molecule has 1 aliphatic heterocycles. The second-order valence-corrected chi connectivity index (χ2v) is 10.2. The average molecular weight is 525 g/mol. The number of allylic oxidation sites excluding steroid dienone is 2. The fraction of sp³-hybridized carbons (Fsp3) is 0.296. The number of nitriles is 1. The van der Waals surface area contributed by atoms with Crippen molar-refractivity contribution in [1.82, 2.24) is 14.8 Å². The Morgan fingerprint density at radius 1 is 1.22 bits per heavy atom. The summed E-state index contributed by atoms with van der Waals surface area (Å²) in [4.78, 5) is 3.89. The average Bonchev–Trinajstić information content (AvgIpc) is 3.40. The molecule has 1 fully saturated rings. The fourth-order valence-electron chi connectivity index (χ4n) is 3.92. The molecule has 0 radical (unpaired) electrons. The first-order valence-corrected chi connectivity index (χ1v) is 12.6. The SMILES string of the molecule is C[C@@H](S[C@H]1CO[C@H](/C=C/C=C/c2ccc(C#N)cc2)OC1)[C@](O)(Cn1cncn1)c1ccc(F)cc1F. The minimum atomic E-state index is -1.69. The van der Waals surface area contributed by atoms with Gasteiger partial charge in [0.15, 0.2) is 6.29 Å². The third-order valence-corrected chi connectivity index (χ3v) is 7.39. The molecule has 1 aliphatic rings. The van der Waals surface area contributed by atoms with E-state index in [2.05, 4.69) is 16.2 Å². The van der Waals surface area contributed by atoms with Gasteiger partial charge in [-0.1, -0.05) is 43.4 Å². The predicted molar refractivity (Wildman–Crippen MR) is 136 cm³/mol. The van der Waals surface area contributed by atoms with Crippen LogP contribution in [-0.2, 0) is 21.6 Å². The summed E-state index contributed by atoms with van der Waals surface area (Å²) in [5.41, 5.74) is -0.131. The molecular formula is C27H26F2N4O3S. The van der Waals surface area contributed by atoms with Gasteiger partial charge in [0, 0.05) is 16.9 Å². The molecular weight excluding hydrogens is 498 g/mol. The zero-order chi connectivity index (χ0) is 26.3. The molecule has 1 saturated heterocycles. The number of aliphatic hydroxyl groups is 1. The van der Waals surface area contributed by atoms with Gasteiger partial charge in [-0.3, -0.25) is 0 Å². The quantitative estimate of drug-likeness (QED) is 0.414. The number of hydrogen-bond acceptors (Lipinski definition) is 7. The Hall–Kier alpha value is -3.36. The number of aromatic nitrogens is 3. The third-order valence-electron chi connectivity index (χ3n) is 5.94. The lowest BCUT2D eigenvalue weighted by atomic mass is 9.90. The van der Waals surface area contributed by atoms with Crippen molar-refractivity contribution in [3.05, 3.63) is 102 Å². The maximum Gasteiger partial charge on any atom is 0.177 e. The summed E-state index contributed by atoms with van der Waals surface area (Å²) in [6.45, 7) is 2.46. The van der Waals surface area contributed by atoms with Gasteiger partial charge in [0.2, 0.25) is 0 Å². The molecule has 0 amide bonds. The lowest BCUT2D eigenvalue weighted by molar-refractivity contribution is -0.146. The maximum atomic E-state index is 14.7. The summed E-state index contributed by atoms with van der Waals surface area (Å²) >= 11 is 1.40. The fourth-order valence-corrected chi connectivity index (χ4v) is 5.23. The van der Waals surface area contributed by atoms with Gasteiger partial charge in [-0.15, -0.1) is 11.8 Å². The molecule has 192 valence electrons. The number of nitrogens with zero attached hydrogens (tertiary/aromatic N) is 4.